The smallest absolute Gasteiger partial charge is 0.133 e. The molecule has 0 aromatic carbocycles. The number of rotatable bonds is 23. The molecule has 1 aliphatic rings. The molecule has 1 aliphatic carbocycles. The predicted molar refractivity (Wildman–Crippen MR) is 141 cm³/mol. The highest BCUT2D eigenvalue weighted by molar-refractivity contribution is 5.49. The average Bonchev–Trinajstić information content (AvgIpc) is 2.84. The van der Waals surface area contributed by atoms with Crippen molar-refractivity contribution in [2.24, 2.45) is 5.41 Å². The molecule has 1 fully saturated rings. The lowest BCUT2D eigenvalue weighted by Crippen LogP contribution is -2.42. The number of unbranched alkanes of at least 4 members (excludes halogenated alkanes) is 2. The summed E-state index contributed by atoms with van der Waals surface area (Å²) in [5.74, 6) is 0. The summed E-state index contributed by atoms with van der Waals surface area (Å²) in [5, 5.41) is 0. The van der Waals surface area contributed by atoms with E-state index in [1.165, 1.54) is 19.1 Å². The molecule has 0 saturated heterocycles. The zero-order chi connectivity index (χ0) is 25.8. The van der Waals surface area contributed by atoms with Crippen molar-refractivity contribution in [2.45, 2.75) is 148 Å². The second kappa shape index (κ2) is 20.1. The Labute approximate surface area is 214 Å². The molecular formula is C28H54N2O5. The summed E-state index contributed by atoms with van der Waals surface area (Å²) in [6, 6.07) is 0.299. The summed E-state index contributed by atoms with van der Waals surface area (Å²) in [6.45, 7) is 13.5. The molecule has 7 heteroatoms. The first-order valence-corrected chi connectivity index (χ1v) is 14.1. The van der Waals surface area contributed by atoms with Crippen LogP contribution < -0.4 is 11.0 Å². The Bertz CT molecular complexity index is 531. The van der Waals surface area contributed by atoms with Gasteiger partial charge in [-0.1, -0.05) is 72.8 Å². The van der Waals surface area contributed by atoms with E-state index >= 15 is 0 Å². The van der Waals surface area contributed by atoms with E-state index in [2.05, 4.69) is 45.2 Å². The van der Waals surface area contributed by atoms with Crippen LogP contribution in [0.25, 0.3) is 0 Å². The molecule has 4 atom stereocenters. The maximum Gasteiger partial charge on any atom is 0.133 e. The number of aldehydes is 1. The molecule has 0 bridgehead atoms. The van der Waals surface area contributed by atoms with Crippen molar-refractivity contribution >= 4 is 6.29 Å². The highest BCUT2D eigenvalue weighted by atomic mass is 17.2. The third-order valence-corrected chi connectivity index (χ3v) is 6.83. The third kappa shape index (κ3) is 15.7. The van der Waals surface area contributed by atoms with Crippen LogP contribution in [0.15, 0.2) is 12.8 Å². The van der Waals surface area contributed by atoms with Gasteiger partial charge in [-0.05, 0) is 56.8 Å². The first-order chi connectivity index (χ1) is 17.0. The van der Waals surface area contributed by atoms with Crippen molar-refractivity contribution in [2.75, 3.05) is 6.54 Å². The van der Waals surface area contributed by atoms with Crippen molar-refractivity contribution in [3.63, 3.8) is 0 Å². The molecule has 0 aliphatic heterocycles. The molecule has 0 spiro atoms. The van der Waals surface area contributed by atoms with E-state index in [1.54, 1.807) is 0 Å². The Kier molecular flexibility index (Phi) is 18.4. The Balaban J connectivity index is 2.39. The molecule has 206 valence electrons. The Morgan fingerprint density at radius 2 is 1.80 bits per heavy atom. The fraction of sp³-hybridized carbons (Fsp3) is 0.893. The van der Waals surface area contributed by atoms with Gasteiger partial charge < -0.3 is 9.68 Å². The van der Waals surface area contributed by atoms with Gasteiger partial charge >= 0.3 is 0 Å². The predicted octanol–water partition coefficient (Wildman–Crippen LogP) is 6.72. The van der Waals surface area contributed by atoms with Gasteiger partial charge in [0, 0.05) is 19.0 Å². The van der Waals surface area contributed by atoms with Crippen LogP contribution >= 0.6 is 0 Å². The van der Waals surface area contributed by atoms with Crippen LogP contribution in [-0.2, 0) is 24.2 Å². The van der Waals surface area contributed by atoms with Gasteiger partial charge in [-0.15, -0.1) is 0 Å². The minimum absolute atomic E-state index is 0.00277. The number of carbonyl (C=O) groups excluding carboxylic acids is 1. The van der Waals surface area contributed by atoms with Gasteiger partial charge in [-0.3, -0.25) is 9.68 Å². The largest absolute Gasteiger partial charge is 0.346 e. The highest BCUT2D eigenvalue weighted by Gasteiger charge is 2.30. The minimum Gasteiger partial charge on any atom is -0.346 e. The third-order valence-electron chi connectivity index (χ3n) is 6.83. The van der Waals surface area contributed by atoms with Gasteiger partial charge in [0.25, 0.3) is 0 Å². The number of nitrogens with one attached hydrogen (secondary N) is 2. The maximum absolute atomic E-state index is 10.7. The normalized spacial score (nSPS) is 20.3. The van der Waals surface area contributed by atoms with E-state index < -0.39 is 0 Å². The quantitative estimate of drug-likeness (QED) is 0.0532. The number of hydroxylamine groups is 2. The van der Waals surface area contributed by atoms with Crippen LogP contribution in [0.1, 0.15) is 124 Å². The summed E-state index contributed by atoms with van der Waals surface area (Å²) >= 11 is 0. The molecule has 0 aromatic heterocycles. The van der Waals surface area contributed by atoms with Crippen LogP contribution in [-0.4, -0.2) is 37.2 Å². The number of carbonyl (C=O) groups is 1. The minimum atomic E-state index is -0.0621. The Hall–Kier alpha value is -0.990. The standard InChI is InChI=1S/C28H54N2O5/c1-6-9-10-16-25(17-13-22-31)33-29-21-14-20-28(4,5)23-24(15-7-2)30-34-26-18-11-12-19-27(26)35-32-8-3/h8,22,24-27,29-30H,3,6-7,9-21,23H2,1-2,4-5H3. The molecule has 0 radical (unpaired) electrons. The van der Waals surface area contributed by atoms with Gasteiger partial charge in [0.1, 0.15) is 24.8 Å². The van der Waals surface area contributed by atoms with Gasteiger partial charge in [-0.2, -0.15) is 10.4 Å². The molecule has 0 heterocycles. The lowest BCUT2D eigenvalue weighted by molar-refractivity contribution is -0.314. The lowest BCUT2D eigenvalue weighted by atomic mass is 9.81. The van der Waals surface area contributed by atoms with E-state index in [4.69, 9.17) is 19.5 Å². The van der Waals surface area contributed by atoms with Crippen molar-refractivity contribution in [1.29, 1.82) is 0 Å². The summed E-state index contributed by atoms with van der Waals surface area (Å²) in [5.41, 5.74) is 6.74. The zero-order valence-corrected chi connectivity index (χ0v) is 23.0. The second-order valence-corrected chi connectivity index (χ2v) is 10.8. The molecule has 7 nitrogen and oxygen atoms in total. The summed E-state index contributed by atoms with van der Waals surface area (Å²) in [4.78, 5) is 33.2. The van der Waals surface area contributed by atoms with Crippen molar-refractivity contribution in [1.82, 2.24) is 11.0 Å². The molecule has 1 saturated carbocycles. The van der Waals surface area contributed by atoms with Crippen molar-refractivity contribution < 1.29 is 24.2 Å². The SMILES string of the molecule is C=COOC1CCCCC1ONC(CCC)CC(C)(C)CCCNOC(CCC=O)CCCCC. The maximum atomic E-state index is 10.7. The van der Waals surface area contributed by atoms with Gasteiger partial charge in [0.05, 0.1) is 6.10 Å². The van der Waals surface area contributed by atoms with Crippen LogP contribution in [0.3, 0.4) is 0 Å². The molecule has 0 aromatic rings. The highest BCUT2D eigenvalue weighted by Crippen LogP contribution is 2.30. The van der Waals surface area contributed by atoms with Crippen molar-refractivity contribution in [3.8, 4) is 0 Å². The molecular weight excluding hydrogens is 444 g/mol. The van der Waals surface area contributed by atoms with Gasteiger partial charge in [0.15, 0.2) is 0 Å². The van der Waals surface area contributed by atoms with Crippen LogP contribution in [0.2, 0.25) is 0 Å². The average molecular weight is 499 g/mol. The molecule has 4 unspecified atom stereocenters. The molecule has 0 amide bonds. The second-order valence-electron chi connectivity index (χ2n) is 10.8. The fourth-order valence-electron chi connectivity index (χ4n) is 4.88. The molecule has 2 N–H and O–H groups in total. The van der Waals surface area contributed by atoms with E-state index in [0.717, 1.165) is 89.9 Å². The zero-order valence-electron chi connectivity index (χ0n) is 23.0. The summed E-state index contributed by atoms with van der Waals surface area (Å²) in [7, 11) is 0. The first kappa shape index (κ1) is 32.0. The summed E-state index contributed by atoms with van der Waals surface area (Å²) in [6.07, 6.45) is 17.8. The van der Waals surface area contributed by atoms with Crippen LogP contribution in [0.4, 0.5) is 0 Å². The van der Waals surface area contributed by atoms with Gasteiger partial charge in [-0.25, -0.2) is 5.48 Å². The summed E-state index contributed by atoms with van der Waals surface area (Å²) < 4.78 is 0. The van der Waals surface area contributed by atoms with E-state index in [9.17, 15) is 4.79 Å². The molecule has 1 rings (SSSR count). The van der Waals surface area contributed by atoms with E-state index in [0.29, 0.717) is 12.5 Å². The Morgan fingerprint density at radius 3 is 2.49 bits per heavy atom. The monoisotopic (exact) mass is 498 g/mol. The van der Waals surface area contributed by atoms with Gasteiger partial charge in [0.2, 0.25) is 0 Å². The topological polar surface area (TPSA) is 78.1 Å². The fourth-order valence-corrected chi connectivity index (χ4v) is 4.88. The number of hydrogen-bond acceptors (Lipinski definition) is 7. The van der Waals surface area contributed by atoms with Crippen LogP contribution in [0.5, 0.6) is 0 Å². The Morgan fingerprint density at radius 1 is 1.03 bits per heavy atom. The van der Waals surface area contributed by atoms with Crippen LogP contribution in [0, 0.1) is 5.41 Å². The van der Waals surface area contributed by atoms with Crippen molar-refractivity contribution in [3.05, 3.63) is 12.8 Å². The molecule has 35 heavy (non-hydrogen) atoms. The van der Waals surface area contributed by atoms with E-state index in [-0.39, 0.29) is 23.7 Å². The lowest BCUT2D eigenvalue weighted by Gasteiger charge is -2.34. The number of hydrogen-bond donors (Lipinski definition) is 2. The first-order valence-electron chi connectivity index (χ1n) is 14.1. The van der Waals surface area contributed by atoms with E-state index in [1.807, 2.05) is 0 Å².